The van der Waals surface area contributed by atoms with Crippen molar-refractivity contribution in [3.8, 4) is 0 Å². The largest absolute Gasteiger partial charge is 0.389 e. The number of hydrogen-bond acceptors (Lipinski definition) is 3. The van der Waals surface area contributed by atoms with Gasteiger partial charge in [-0.05, 0) is 32.1 Å². The van der Waals surface area contributed by atoms with Crippen molar-refractivity contribution < 1.29 is 9.84 Å². The Morgan fingerprint density at radius 2 is 2.07 bits per heavy atom. The van der Waals surface area contributed by atoms with Crippen molar-refractivity contribution in [2.24, 2.45) is 0 Å². The van der Waals surface area contributed by atoms with Crippen molar-refractivity contribution in [2.45, 2.75) is 68.8 Å². The normalized spacial score (nSPS) is 42.6. The molecular weight excluding hydrogens is 190 g/mol. The fourth-order valence-corrected chi connectivity index (χ4v) is 3.38. The van der Waals surface area contributed by atoms with Gasteiger partial charge in [-0.15, -0.1) is 0 Å². The molecule has 15 heavy (non-hydrogen) atoms. The number of fused-ring (bicyclic) bond motifs is 2. The molecule has 3 heteroatoms. The van der Waals surface area contributed by atoms with E-state index in [1.54, 1.807) is 0 Å². The average molecular weight is 211 g/mol. The molecule has 3 fully saturated rings. The van der Waals surface area contributed by atoms with Gasteiger partial charge in [0.2, 0.25) is 0 Å². The number of hydrogen-bond donors (Lipinski definition) is 2. The summed E-state index contributed by atoms with van der Waals surface area (Å²) >= 11 is 0. The maximum absolute atomic E-state index is 10.2. The van der Waals surface area contributed by atoms with Gasteiger partial charge < -0.3 is 15.2 Å². The smallest absolute Gasteiger partial charge is 0.0771 e. The van der Waals surface area contributed by atoms with Crippen LogP contribution in [-0.4, -0.2) is 35.5 Å². The third-order valence-corrected chi connectivity index (χ3v) is 4.33. The van der Waals surface area contributed by atoms with E-state index in [9.17, 15) is 5.11 Å². The maximum Gasteiger partial charge on any atom is 0.0771 e. The minimum atomic E-state index is -0.415. The third kappa shape index (κ3) is 1.93. The van der Waals surface area contributed by atoms with Crippen LogP contribution in [0, 0.1) is 0 Å². The molecule has 0 aromatic carbocycles. The summed E-state index contributed by atoms with van der Waals surface area (Å²) < 4.78 is 5.79. The highest BCUT2D eigenvalue weighted by molar-refractivity contribution is 4.96. The highest BCUT2D eigenvalue weighted by Gasteiger charge is 2.41. The Balaban J connectivity index is 1.50. The number of rotatable bonds is 3. The molecule has 0 amide bonds. The van der Waals surface area contributed by atoms with Gasteiger partial charge in [0.15, 0.2) is 0 Å². The lowest BCUT2D eigenvalue weighted by molar-refractivity contribution is 0.0401. The molecule has 0 spiro atoms. The van der Waals surface area contributed by atoms with E-state index in [4.69, 9.17) is 4.74 Å². The topological polar surface area (TPSA) is 41.5 Å². The first-order valence-corrected chi connectivity index (χ1v) is 6.36. The molecule has 3 aliphatic rings. The van der Waals surface area contributed by atoms with Crippen LogP contribution >= 0.6 is 0 Å². The fourth-order valence-electron chi connectivity index (χ4n) is 3.38. The molecule has 0 radical (unpaired) electrons. The SMILES string of the molecule is OC1(CNC2CC3CCC2O3)CCCC1. The van der Waals surface area contributed by atoms with Crippen LogP contribution in [0.5, 0.6) is 0 Å². The second-order valence-corrected chi connectivity index (χ2v) is 5.53. The molecular formula is C12H21NO2. The van der Waals surface area contributed by atoms with E-state index in [0.29, 0.717) is 18.2 Å². The Labute approximate surface area is 91.2 Å². The molecule has 2 aliphatic heterocycles. The second-order valence-electron chi connectivity index (χ2n) is 5.53. The minimum absolute atomic E-state index is 0.415. The lowest BCUT2D eigenvalue weighted by Gasteiger charge is -2.27. The van der Waals surface area contributed by atoms with E-state index in [1.807, 2.05) is 0 Å². The molecule has 1 saturated carbocycles. The average Bonchev–Trinajstić information content (AvgIpc) is 2.90. The fraction of sp³-hybridized carbons (Fsp3) is 1.00. The van der Waals surface area contributed by atoms with Gasteiger partial charge in [-0.3, -0.25) is 0 Å². The van der Waals surface area contributed by atoms with Gasteiger partial charge in [0.1, 0.15) is 0 Å². The van der Waals surface area contributed by atoms with Crippen molar-refractivity contribution in [1.29, 1.82) is 0 Å². The van der Waals surface area contributed by atoms with Gasteiger partial charge in [-0.1, -0.05) is 12.8 Å². The molecule has 3 atom stereocenters. The van der Waals surface area contributed by atoms with E-state index in [-0.39, 0.29) is 0 Å². The summed E-state index contributed by atoms with van der Waals surface area (Å²) in [5, 5.41) is 13.7. The van der Waals surface area contributed by atoms with Crippen molar-refractivity contribution in [2.75, 3.05) is 6.54 Å². The Kier molecular flexibility index (Phi) is 2.49. The van der Waals surface area contributed by atoms with Crippen molar-refractivity contribution >= 4 is 0 Å². The number of nitrogens with one attached hydrogen (secondary N) is 1. The van der Waals surface area contributed by atoms with E-state index in [0.717, 1.165) is 25.8 Å². The summed E-state index contributed by atoms with van der Waals surface area (Å²) in [6, 6.07) is 0.508. The van der Waals surface area contributed by atoms with Gasteiger partial charge >= 0.3 is 0 Å². The van der Waals surface area contributed by atoms with Crippen molar-refractivity contribution in [3.05, 3.63) is 0 Å². The summed E-state index contributed by atoms with van der Waals surface area (Å²) in [6.07, 6.45) is 8.86. The first-order valence-electron chi connectivity index (χ1n) is 6.36. The third-order valence-electron chi connectivity index (χ3n) is 4.33. The summed E-state index contributed by atoms with van der Waals surface area (Å²) in [7, 11) is 0. The van der Waals surface area contributed by atoms with Crippen LogP contribution in [-0.2, 0) is 4.74 Å². The highest BCUT2D eigenvalue weighted by Crippen LogP contribution is 2.35. The van der Waals surface area contributed by atoms with Gasteiger partial charge in [-0.2, -0.15) is 0 Å². The first-order chi connectivity index (χ1) is 7.25. The van der Waals surface area contributed by atoms with Crippen LogP contribution in [0.25, 0.3) is 0 Å². The lowest BCUT2D eigenvalue weighted by atomic mass is 9.94. The van der Waals surface area contributed by atoms with Gasteiger partial charge in [0.25, 0.3) is 0 Å². The molecule has 2 bridgehead atoms. The summed E-state index contributed by atoms with van der Waals surface area (Å²) in [6.45, 7) is 0.768. The van der Waals surface area contributed by atoms with Crippen LogP contribution in [0.15, 0.2) is 0 Å². The van der Waals surface area contributed by atoms with E-state index in [2.05, 4.69) is 5.32 Å². The van der Waals surface area contributed by atoms with Crippen LogP contribution in [0.1, 0.15) is 44.9 Å². The highest BCUT2D eigenvalue weighted by atomic mass is 16.5. The molecule has 2 N–H and O–H groups in total. The lowest BCUT2D eigenvalue weighted by Crippen LogP contribution is -2.46. The van der Waals surface area contributed by atoms with Gasteiger partial charge in [0.05, 0.1) is 17.8 Å². The zero-order valence-electron chi connectivity index (χ0n) is 9.24. The quantitative estimate of drug-likeness (QED) is 0.737. The first kappa shape index (κ1) is 10.1. The van der Waals surface area contributed by atoms with Crippen LogP contribution in [0.2, 0.25) is 0 Å². The Hall–Kier alpha value is -0.120. The predicted octanol–water partition coefficient (Wildman–Crippen LogP) is 1.20. The minimum Gasteiger partial charge on any atom is -0.389 e. The molecule has 3 nitrogen and oxygen atoms in total. The molecule has 0 aromatic rings. The molecule has 2 saturated heterocycles. The van der Waals surface area contributed by atoms with Crippen molar-refractivity contribution in [1.82, 2.24) is 5.32 Å². The zero-order valence-corrected chi connectivity index (χ0v) is 9.24. The predicted molar refractivity (Wildman–Crippen MR) is 57.7 cm³/mol. The standard InChI is InChI=1S/C12H21NO2/c14-12(5-1-2-6-12)8-13-10-7-9-3-4-11(10)15-9/h9-11,13-14H,1-8H2. The number of ether oxygens (including phenoxy) is 1. The van der Waals surface area contributed by atoms with Crippen LogP contribution in [0.3, 0.4) is 0 Å². The summed E-state index contributed by atoms with van der Waals surface area (Å²) in [4.78, 5) is 0. The molecule has 2 heterocycles. The zero-order chi connectivity index (χ0) is 10.3. The monoisotopic (exact) mass is 211 g/mol. The maximum atomic E-state index is 10.2. The van der Waals surface area contributed by atoms with Gasteiger partial charge in [0, 0.05) is 12.6 Å². The van der Waals surface area contributed by atoms with E-state index in [1.165, 1.54) is 25.7 Å². The Morgan fingerprint density at radius 1 is 1.27 bits per heavy atom. The van der Waals surface area contributed by atoms with Gasteiger partial charge in [-0.25, -0.2) is 0 Å². The molecule has 3 rings (SSSR count). The molecule has 1 aliphatic carbocycles. The van der Waals surface area contributed by atoms with E-state index < -0.39 is 5.60 Å². The second kappa shape index (κ2) is 3.72. The number of aliphatic hydroxyl groups is 1. The van der Waals surface area contributed by atoms with E-state index >= 15 is 0 Å². The summed E-state index contributed by atoms with van der Waals surface area (Å²) in [5.41, 5.74) is -0.415. The van der Waals surface area contributed by atoms with Crippen molar-refractivity contribution in [3.63, 3.8) is 0 Å². The Bertz CT molecular complexity index is 238. The van der Waals surface area contributed by atoms with Crippen LogP contribution in [0.4, 0.5) is 0 Å². The Morgan fingerprint density at radius 3 is 2.67 bits per heavy atom. The molecule has 86 valence electrons. The molecule has 0 aromatic heterocycles. The molecule has 3 unspecified atom stereocenters. The summed E-state index contributed by atoms with van der Waals surface area (Å²) in [5.74, 6) is 0. The van der Waals surface area contributed by atoms with Crippen LogP contribution < -0.4 is 5.32 Å².